The van der Waals surface area contributed by atoms with Crippen LogP contribution in [0.5, 0.6) is 0 Å². The number of halogens is 1. The molecule has 3 atom stereocenters. The summed E-state index contributed by atoms with van der Waals surface area (Å²) >= 11 is 0. The van der Waals surface area contributed by atoms with Gasteiger partial charge in [0.2, 0.25) is 11.8 Å². The van der Waals surface area contributed by atoms with Crippen molar-refractivity contribution in [3.8, 4) is 11.3 Å². The first-order valence-electron chi connectivity index (χ1n) is 13.6. The average Bonchev–Trinajstić information content (AvgIpc) is 3.87. The van der Waals surface area contributed by atoms with Crippen LogP contribution in [0.15, 0.2) is 36.5 Å². The molecule has 0 spiro atoms. The SMILES string of the molecule is Cc1nc(-c2cn([C@H]3C[C@@H]3CNc3ccc4c(c3)C(=O)N(C3CCC(=O)NC3=O)C4=O)nc2C2CC2)ccc1F. The maximum Gasteiger partial charge on any atom is 0.262 e. The number of hydrogen-bond acceptors (Lipinski definition) is 7. The summed E-state index contributed by atoms with van der Waals surface area (Å²) < 4.78 is 15.8. The highest BCUT2D eigenvalue weighted by Crippen LogP contribution is 2.47. The molecule has 1 aromatic carbocycles. The van der Waals surface area contributed by atoms with Crippen LogP contribution in [0.1, 0.15) is 76.2 Å². The summed E-state index contributed by atoms with van der Waals surface area (Å²) in [4.78, 5) is 55.2. The van der Waals surface area contributed by atoms with Crippen LogP contribution in [0.25, 0.3) is 11.3 Å². The van der Waals surface area contributed by atoms with E-state index in [9.17, 15) is 23.6 Å². The minimum Gasteiger partial charge on any atom is -0.385 e. The number of piperidine rings is 1. The van der Waals surface area contributed by atoms with Crippen molar-refractivity contribution in [3.63, 3.8) is 0 Å². The molecule has 3 fully saturated rings. The monoisotopic (exact) mass is 542 g/mol. The van der Waals surface area contributed by atoms with Gasteiger partial charge in [0, 0.05) is 42.2 Å². The van der Waals surface area contributed by atoms with Crippen LogP contribution in [0.4, 0.5) is 10.1 Å². The number of hydrogen-bond donors (Lipinski definition) is 2. The molecule has 40 heavy (non-hydrogen) atoms. The Morgan fingerprint density at radius 2 is 1.82 bits per heavy atom. The molecule has 1 saturated heterocycles. The fourth-order valence-corrected chi connectivity index (χ4v) is 5.73. The van der Waals surface area contributed by atoms with Crippen LogP contribution >= 0.6 is 0 Å². The zero-order valence-corrected chi connectivity index (χ0v) is 21.8. The van der Waals surface area contributed by atoms with Gasteiger partial charge in [-0.1, -0.05) is 0 Å². The number of fused-ring (bicyclic) bond motifs is 1. The first-order chi connectivity index (χ1) is 19.3. The molecule has 2 aliphatic carbocycles. The van der Waals surface area contributed by atoms with Gasteiger partial charge in [0.15, 0.2) is 0 Å². The number of pyridine rings is 1. The number of nitrogens with zero attached hydrogens (tertiary/aromatic N) is 4. The Kier molecular flexibility index (Phi) is 5.58. The largest absolute Gasteiger partial charge is 0.385 e. The highest BCUT2D eigenvalue weighted by Gasteiger charge is 2.45. The van der Waals surface area contributed by atoms with Crippen molar-refractivity contribution in [2.45, 2.75) is 57.0 Å². The predicted octanol–water partition coefficient (Wildman–Crippen LogP) is 3.34. The van der Waals surface area contributed by atoms with Crippen molar-refractivity contribution in [1.29, 1.82) is 0 Å². The van der Waals surface area contributed by atoms with Crippen LogP contribution in [0.3, 0.4) is 0 Å². The topological polar surface area (TPSA) is 126 Å². The normalized spacial score (nSPS) is 23.9. The van der Waals surface area contributed by atoms with E-state index < -0.39 is 29.7 Å². The Bertz CT molecular complexity index is 1610. The van der Waals surface area contributed by atoms with E-state index >= 15 is 0 Å². The van der Waals surface area contributed by atoms with Gasteiger partial charge in [-0.15, -0.1) is 0 Å². The summed E-state index contributed by atoms with van der Waals surface area (Å²) in [6.45, 7) is 2.32. The summed E-state index contributed by atoms with van der Waals surface area (Å²) in [5.74, 6) is -1.64. The van der Waals surface area contributed by atoms with E-state index in [2.05, 4.69) is 15.6 Å². The average molecular weight is 543 g/mol. The summed E-state index contributed by atoms with van der Waals surface area (Å²) in [6.07, 6.45) is 5.37. The number of imide groups is 2. The van der Waals surface area contributed by atoms with Crippen molar-refractivity contribution in [3.05, 3.63) is 64.9 Å². The van der Waals surface area contributed by atoms with E-state index in [4.69, 9.17) is 5.10 Å². The molecular weight excluding hydrogens is 515 g/mol. The number of carbonyl (C=O) groups excluding carboxylic acids is 4. The zero-order valence-electron chi connectivity index (χ0n) is 21.8. The summed E-state index contributed by atoms with van der Waals surface area (Å²) in [6, 6.07) is 7.42. The Morgan fingerprint density at radius 3 is 2.58 bits per heavy atom. The van der Waals surface area contributed by atoms with Crippen molar-refractivity contribution in [2.24, 2.45) is 5.92 Å². The first kappa shape index (κ1) is 24.6. The van der Waals surface area contributed by atoms with Gasteiger partial charge >= 0.3 is 0 Å². The number of benzene rings is 1. The third kappa shape index (κ3) is 4.16. The lowest BCUT2D eigenvalue weighted by Crippen LogP contribution is -2.54. The second-order valence-corrected chi connectivity index (χ2v) is 11.1. The fourth-order valence-electron chi connectivity index (χ4n) is 5.73. The fraction of sp³-hybridized carbons (Fsp3) is 0.379. The zero-order chi connectivity index (χ0) is 27.7. The Balaban J connectivity index is 1.03. The van der Waals surface area contributed by atoms with Crippen molar-refractivity contribution in [1.82, 2.24) is 25.0 Å². The lowest BCUT2D eigenvalue weighted by Gasteiger charge is -2.27. The molecule has 0 bridgehead atoms. The Morgan fingerprint density at radius 1 is 1.02 bits per heavy atom. The molecule has 4 aliphatic rings. The van der Waals surface area contributed by atoms with E-state index in [1.54, 1.807) is 31.2 Å². The summed E-state index contributed by atoms with van der Waals surface area (Å²) in [5.41, 5.74) is 4.32. The van der Waals surface area contributed by atoms with Crippen LogP contribution in [0, 0.1) is 18.7 Å². The quantitative estimate of drug-likeness (QED) is 0.439. The first-order valence-corrected chi connectivity index (χ1v) is 13.6. The van der Waals surface area contributed by atoms with Gasteiger partial charge in [0.1, 0.15) is 11.9 Å². The molecule has 11 heteroatoms. The molecule has 2 aromatic heterocycles. The van der Waals surface area contributed by atoms with Gasteiger partial charge in [-0.3, -0.25) is 34.1 Å². The molecule has 1 unspecified atom stereocenters. The van der Waals surface area contributed by atoms with Gasteiger partial charge in [-0.25, -0.2) is 9.37 Å². The van der Waals surface area contributed by atoms with Crippen LogP contribution < -0.4 is 10.6 Å². The van der Waals surface area contributed by atoms with E-state index in [0.29, 0.717) is 29.8 Å². The maximum absolute atomic E-state index is 13.8. The molecular formula is C29H27FN6O4. The second-order valence-electron chi connectivity index (χ2n) is 11.1. The Labute approximate surface area is 228 Å². The number of aromatic nitrogens is 3. The minimum absolute atomic E-state index is 0.0825. The van der Waals surface area contributed by atoms with Gasteiger partial charge in [-0.2, -0.15) is 5.10 Å². The molecule has 2 saturated carbocycles. The lowest BCUT2D eigenvalue weighted by molar-refractivity contribution is -0.136. The molecule has 7 rings (SSSR count). The van der Waals surface area contributed by atoms with E-state index in [-0.39, 0.29) is 35.8 Å². The molecule has 3 aromatic rings. The maximum atomic E-state index is 13.8. The van der Waals surface area contributed by atoms with E-state index in [0.717, 1.165) is 41.1 Å². The van der Waals surface area contributed by atoms with Gasteiger partial charge < -0.3 is 5.32 Å². The van der Waals surface area contributed by atoms with Gasteiger partial charge in [-0.05, 0) is 62.9 Å². The number of aryl methyl sites for hydroxylation is 1. The molecule has 4 heterocycles. The predicted molar refractivity (Wildman–Crippen MR) is 141 cm³/mol. The number of amides is 4. The lowest BCUT2D eigenvalue weighted by atomic mass is 10.0. The number of carbonyl (C=O) groups is 4. The highest BCUT2D eigenvalue weighted by atomic mass is 19.1. The molecule has 0 radical (unpaired) electrons. The second kappa shape index (κ2) is 9.07. The Hall–Kier alpha value is -4.41. The van der Waals surface area contributed by atoms with Gasteiger partial charge in [0.25, 0.3) is 11.8 Å². The molecule has 2 N–H and O–H groups in total. The van der Waals surface area contributed by atoms with E-state index in [1.165, 1.54) is 6.07 Å². The van der Waals surface area contributed by atoms with Crippen molar-refractivity contribution < 1.29 is 23.6 Å². The number of rotatable bonds is 7. The number of nitrogens with one attached hydrogen (secondary N) is 2. The van der Waals surface area contributed by atoms with Crippen LogP contribution in [-0.4, -0.2) is 55.9 Å². The van der Waals surface area contributed by atoms with Crippen molar-refractivity contribution >= 4 is 29.3 Å². The summed E-state index contributed by atoms with van der Waals surface area (Å²) in [7, 11) is 0. The minimum atomic E-state index is -0.984. The molecule has 2 aliphatic heterocycles. The standard InChI is InChI=1S/C29H27FN6O4/c1-14-21(30)6-7-22(32-14)20-13-35(34-26(20)15-2-3-15)24-10-16(24)12-31-17-4-5-18-19(11-17)29(40)36(28(18)39)23-8-9-25(37)33-27(23)38/h4-7,11,13,15-16,23-24,31H,2-3,8-10,12H2,1H3,(H,33,37,38)/t16-,23?,24+/m1/s1. The van der Waals surface area contributed by atoms with Crippen LogP contribution in [0.2, 0.25) is 0 Å². The highest BCUT2D eigenvalue weighted by molar-refractivity contribution is 6.23. The third-order valence-corrected chi connectivity index (χ3v) is 8.26. The molecule has 10 nitrogen and oxygen atoms in total. The molecule has 204 valence electrons. The van der Waals surface area contributed by atoms with Crippen molar-refractivity contribution in [2.75, 3.05) is 11.9 Å². The van der Waals surface area contributed by atoms with E-state index in [1.807, 2.05) is 10.9 Å². The smallest absolute Gasteiger partial charge is 0.262 e. The van der Waals surface area contributed by atoms with Crippen LogP contribution in [-0.2, 0) is 9.59 Å². The third-order valence-electron chi connectivity index (χ3n) is 8.26. The summed E-state index contributed by atoms with van der Waals surface area (Å²) in [5, 5.41) is 10.5. The molecule has 4 amide bonds. The van der Waals surface area contributed by atoms with Gasteiger partial charge in [0.05, 0.1) is 34.3 Å². The number of anilines is 1.